The Kier molecular flexibility index (Phi) is 8.93. The zero-order chi connectivity index (χ0) is 26.5. The van der Waals surface area contributed by atoms with Crippen molar-refractivity contribution in [3.05, 3.63) is 75.3 Å². The smallest absolute Gasteiger partial charge is 0.328 e. The van der Waals surface area contributed by atoms with E-state index in [1.54, 1.807) is 25.3 Å². The second-order valence-electron chi connectivity index (χ2n) is 9.21. The predicted octanol–water partition coefficient (Wildman–Crippen LogP) is 5.53. The number of esters is 1. The van der Waals surface area contributed by atoms with Crippen LogP contribution in [0.25, 0.3) is 6.08 Å². The van der Waals surface area contributed by atoms with E-state index in [0.717, 1.165) is 36.8 Å². The molecule has 2 fully saturated rings. The van der Waals surface area contributed by atoms with Crippen molar-refractivity contribution in [3.8, 4) is 0 Å². The first-order valence-corrected chi connectivity index (χ1v) is 13.0. The fourth-order valence-corrected chi connectivity index (χ4v) is 5.54. The van der Waals surface area contributed by atoms with Crippen LogP contribution in [0.5, 0.6) is 0 Å². The number of carbonyl (C=O) groups is 2. The summed E-state index contributed by atoms with van der Waals surface area (Å²) in [6.45, 7) is 1.30. The fraction of sp³-hybridized carbons (Fsp3) is 0.429. The van der Waals surface area contributed by atoms with Gasteiger partial charge in [0.1, 0.15) is 6.04 Å². The lowest BCUT2D eigenvalue weighted by atomic mass is 9.76. The van der Waals surface area contributed by atoms with E-state index in [-0.39, 0.29) is 27.6 Å². The van der Waals surface area contributed by atoms with Gasteiger partial charge in [-0.05, 0) is 42.5 Å². The summed E-state index contributed by atoms with van der Waals surface area (Å²) in [5.41, 5.74) is 1.81. The highest BCUT2D eigenvalue weighted by atomic mass is 35.5. The number of hydrogen-bond acceptors (Lipinski definition) is 6. The van der Waals surface area contributed by atoms with E-state index in [2.05, 4.69) is 17.4 Å². The minimum absolute atomic E-state index is 0.117. The van der Waals surface area contributed by atoms with Crippen LogP contribution in [0, 0.1) is 0 Å². The third-order valence-electron chi connectivity index (χ3n) is 7.12. The molecule has 1 spiro atoms. The van der Waals surface area contributed by atoms with Crippen LogP contribution in [0.3, 0.4) is 0 Å². The van der Waals surface area contributed by atoms with E-state index in [0.29, 0.717) is 13.2 Å². The largest absolute Gasteiger partial charge is 0.467 e. The normalized spacial score (nSPS) is 19.1. The summed E-state index contributed by atoms with van der Waals surface area (Å²) in [5, 5.41) is 3.07. The summed E-state index contributed by atoms with van der Waals surface area (Å²) < 4.78 is 22.6. The van der Waals surface area contributed by atoms with Crippen molar-refractivity contribution in [2.75, 3.05) is 27.4 Å². The highest BCUT2D eigenvalue weighted by Crippen LogP contribution is 2.46. The first-order chi connectivity index (χ1) is 17.8. The Bertz CT molecular complexity index is 1110. The number of nitrogens with one attached hydrogen (secondary N) is 1. The summed E-state index contributed by atoms with van der Waals surface area (Å²) >= 11 is 12.3. The van der Waals surface area contributed by atoms with Crippen LogP contribution in [0.1, 0.15) is 53.6 Å². The van der Waals surface area contributed by atoms with Gasteiger partial charge in [0.15, 0.2) is 5.79 Å². The molecule has 9 heteroatoms. The Labute approximate surface area is 227 Å². The molecule has 1 aliphatic heterocycles. The van der Waals surface area contributed by atoms with Gasteiger partial charge in [-0.2, -0.15) is 0 Å². The molecule has 37 heavy (non-hydrogen) atoms. The summed E-state index contributed by atoms with van der Waals surface area (Å²) in [4.78, 5) is 25.0. The van der Waals surface area contributed by atoms with Crippen molar-refractivity contribution in [3.63, 3.8) is 0 Å². The van der Waals surface area contributed by atoms with Crippen molar-refractivity contribution in [1.29, 1.82) is 0 Å². The summed E-state index contributed by atoms with van der Waals surface area (Å²) in [5.74, 6) is -1.56. The van der Waals surface area contributed by atoms with Crippen LogP contribution in [-0.4, -0.2) is 51.1 Å². The Hall–Kier alpha value is -2.42. The van der Waals surface area contributed by atoms with E-state index < -0.39 is 23.7 Å². The Morgan fingerprint density at radius 3 is 2.19 bits per heavy atom. The Morgan fingerprint density at radius 2 is 1.62 bits per heavy atom. The highest BCUT2D eigenvalue weighted by Gasteiger charge is 2.47. The lowest BCUT2D eigenvalue weighted by Crippen LogP contribution is -2.43. The number of carbonyl (C=O) groups excluding carboxylic acids is 2. The molecule has 1 heterocycles. The number of benzene rings is 2. The molecule has 0 radical (unpaired) electrons. The van der Waals surface area contributed by atoms with Gasteiger partial charge in [-0.15, -0.1) is 0 Å². The van der Waals surface area contributed by atoms with E-state index in [9.17, 15) is 9.59 Å². The molecule has 1 saturated heterocycles. The van der Waals surface area contributed by atoms with E-state index in [4.69, 9.17) is 42.1 Å². The van der Waals surface area contributed by atoms with Crippen molar-refractivity contribution >= 4 is 41.2 Å². The van der Waals surface area contributed by atoms with Gasteiger partial charge < -0.3 is 24.3 Å². The average Bonchev–Trinajstić information content (AvgIpc) is 3.37. The lowest BCUT2D eigenvalue weighted by molar-refractivity contribution is -0.208. The first kappa shape index (κ1) is 27.6. The van der Waals surface area contributed by atoms with Crippen LogP contribution < -0.4 is 5.32 Å². The summed E-state index contributed by atoms with van der Waals surface area (Å²) in [6.07, 6.45) is 7.15. The van der Waals surface area contributed by atoms with Gasteiger partial charge in [0, 0.05) is 20.0 Å². The van der Waals surface area contributed by atoms with Gasteiger partial charge in [-0.25, -0.2) is 4.79 Å². The van der Waals surface area contributed by atoms with Crippen molar-refractivity contribution in [2.45, 2.75) is 49.5 Å². The van der Waals surface area contributed by atoms with Crippen LogP contribution >= 0.6 is 23.2 Å². The molecule has 7 nitrogen and oxygen atoms in total. The summed E-state index contributed by atoms with van der Waals surface area (Å²) in [7, 11) is 3.02. The van der Waals surface area contributed by atoms with Crippen LogP contribution in [0.2, 0.25) is 10.0 Å². The molecular formula is C28H31Cl2NO6. The maximum absolute atomic E-state index is 12.7. The van der Waals surface area contributed by atoms with Gasteiger partial charge in [0.05, 0.1) is 41.5 Å². The minimum Gasteiger partial charge on any atom is -0.467 e. The molecule has 1 saturated carbocycles. The first-order valence-electron chi connectivity index (χ1n) is 12.2. The second kappa shape index (κ2) is 12.0. The molecule has 1 N–H and O–H groups in total. The molecular weight excluding hydrogens is 517 g/mol. The number of halogens is 2. The quantitative estimate of drug-likeness (QED) is 0.437. The second-order valence-corrected chi connectivity index (χ2v) is 10.0. The van der Waals surface area contributed by atoms with Gasteiger partial charge in [-0.3, -0.25) is 4.79 Å². The summed E-state index contributed by atoms with van der Waals surface area (Å²) in [6, 6.07) is 12.0. The monoisotopic (exact) mass is 547 g/mol. The molecule has 198 valence electrons. The van der Waals surface area contributed by atoms with Crippen LogP contribution in [0.4, 0.5) is 0 Å². The van der Waals surface area contributed by atoms with Gasteiger partial charge in [0.2, 0.25) is 0 Å². The SMILES string of the molecule is COC(=O)C(C/C=C/c1ccc(C2(OC)CCC3(CC2)OCCO3)cc1)NC(=O)c1c(Cl)cccc1Cl. The predicted molar refractivity (Wildman–Crippen MR) is 142 cm³/mol. The minimum atomic E-state index is -0.897. The topological polar surface area (TPSA) is 83.1 Å². The van der Waals surface area contributed by atoms with Crippen molar-refractivity contribution in [2.24, 2.45) is 0 Å². The number of methoxy groups -OCH3 is 2. The molecule has 0 bridgehead atoms. The number of rotatable bonds is 8. The van der Waals surface area contributed by atoms with Gasteiger partial charge in [-0.1, -0.05) is 65.7 Å². The van der Waals surface area contributed by atoms with E-state index in [1.807, 2.05) is 24.3 Å². The average molecular weight is 548 g/mol. The van der Waals surface area contributed by atoms with E-state index in [1.165, 1.54) is 7.11 Å². The standard InChI is InChI=1S/C28H31Cl2NO6/c1-34-26(33)23(31-25(32)24-21(29)6-4-7-22(24)30)8-3-5-19-9-11-20(12-10-19)27(35-2)13-15-28(16-14-27)36-17-18-37-28/h3-7,9-12,23H,8,13-18H2,1-2H3,(H,31,32)/b5-3+. The molecule has 1 aliphatic carbocycles. The third kappa shape index (κ3) is 6.19. The van der Waals surface area contributed by atoms with Crippen LogP contribution in [0.15, 0.2) is 48.5 Å². The zero-order valence-corrected chi connectivity index (χ0v) is 22.4. The maximum Gasteiger partial charge on any atom is 0.328 e. The molecule has 4 rings (SSSR count). The van der Waals surface area contributed by atoms with Crippen molar-refractivity contribution < 1.29 is 28.5 Å². The Balaban J connectivity index is 1.40. The number of ether oxygens (including phenoxy) is 4. The molecule has 1 amide bonds. The number of hydrogen-bond donors (Lipinski definition) is 1. The number of amides is 1. The van der Waals surface area contributed by atoms with Crippen molar-refractivity contribution in [1.82, 2.24) is 5.32 Å². The third-order valence-corrected chi connectivity index (χ3v) is 7.75. The van der Waals surface area contributed by atoms with Crippen LogP contribution in [-0.2, 0) is 29.3 Å². The van der Waals surface area contributed by atoms with E-state index >= 15 is 0 Å². The molecule has 0 aromatic heterocycles. The lowest BCUT2D eigenvalue weighted by Gasteiger charge is -2.43. The van der Waals surface area contributed by atoms with Gasteiger partial charge in [0.25, 0.3) is 5.91 Å². The molecule has 1 unspecified atom stereocenters. The maximum atomic E-state index is 12.7. The Morgan fingerprint density at radius 1 is 1.00 bits per heavy atom. The zero-order valence-electron chi connectivity index (χ0n) is 20.9. The molecule has 2 aliphatic rings. The molecule has 2 aromatic carbocycles. The molecule has 1 atom stereocenters. The fourth-order valence-electron chi connectivity index (χ4n) is 4.97. The highest BCUT2D eigenvalue weighted by molar-refractivity contribution is 6.39. The molecule has 2 aromatic rings. The van der Waals surface area contributed by atoms with Gasteiger partial charge >= 0.3 is 5.97 Å².